The standard InChI is InChI=1S/C24H25ClN2O4S/c1-3-32(29,30)27-17-9-7-8-16(13-17)19-12-15(2)18(14-20(19)25)21-22(26)24(31-23(21)28)10-5-4-6-11-24/h3,7-9,12-14,27H,1,4-6,10-11,26H2,2H3. The van der Waals surface area contributed by atoms with Gasteiger partial charge in [-0.1, -0.05) is 36.7 Å². The fourth-order valence-electron chi connectivity index (χ4n) is 4.50. The third kappa shape index (κ3) is 4.02. The largest absolute Gasteiger partial charge is 0.449 e. The van der Waals surface area contributed by atoms with Gasteiger partial charge in [0, 0.05) is 21.7 Å². The lowest BCUT2D eigenvalue weighted by atomic mass is 9.81. The molecular weight excluding hydrogens is 448 g/mol. The third-order valence-corrected chi connectivity index (χ3v) is 7.42. The van der Waals surface area contributed by atoms with E-state index in [0.717, 1.165) is 48.6 Å². The molecule has 1 aliphatic carbocycles. The first-order valence-corrected chi connectivity index (χ1v) is 12.4. The van der Waals surface area contributed by atoms with Crippen LogP contribution in [0.3, 0.4) is 0 Å². The summed E-state index contributed by atoms with van der Waals surface area (Å²) < 4.78 is 31.8. The number of halogens is 1. The lowest BCUT2D eigenvalue weighted by Gasteiger charge is -2.32. The maximum atomic E-state index is 12.8. The molecule has 0 atom stereocenters. The quantitative estimate of drug-likeness (QED) is 0.588. The molecule has 1 heterocycles. The van der Waals surface area contributed by atoms with Crippen LogP contribution in [0.2, 0.25) is 5.02 Å². The molecule has 2 aromatic carbocycles. The molecule has 2 aliphatic rings. The molecule has 0 saturated heterocycles. The van der Waals surface area contributed by atoms with Crippen LogP contribution >= 0.6 is 11.6 Å². The van der Waals surface area contributed by atoms with E-state index in [2.05, 4.69) is 11.3 Å². The number of benzene rings is 2. The third-order valence-electron chi connectivity index (χ3n) is 6.15. The number of ether oxygens (including phenoxy) is 1. The van der Waals surface area contributed by atoms with Gasteiger partial charge in [-0.3, -0.25) is 4.72 Å². The molecule has 6 nitrogen and oxygen atoms in total. The van der Waals surface area contributed by atoms with Crippen LogP contribution in [0.5, 0.6) is 0 Å². The first-order chi connectivity index (χ1) is 15.2. The topological polar surface area (TPSA) is 98.5 Å². The summed E-state index contributed by atoms with van der Waals surface area (Å²) in [5.74, 6) is -0.405. The van der Waals surface area contributed by atoms with Gasteiger partial charge in [0.15, 0.2) is 5.60 Å². The molecule has 0 unspecified atom stereocenters. The van der Waals surface area contributed by atoms with Gasteiger partial charge in [-0.25, -0.2) is 13.2 Å². The van der Waals surface area contributed by atoms with Gasteiger partial charge in [0.05, 0.1) is 11.3 Å². The molecule has 168 valence electrons. The number of hydrogen-bond donors (Lipinski definition) is 2. The van der Waals surface area contributed by atoms with Gasteiger partial charge in [-0.2, -0.15) is 0 Å². The Hall–Kier alpha value is -2.77. The second-order valence-electron chi connectivity index (χ2n) is 8.27. The minimum atomic E-state index is -3.62. The number of esters is 1. The molecule has 0 radical (unpaired) electrons. The van der Waals surface area contributed by atoms with Crippen LogP contribution < -0.4 is 10.5 Å². The van der Waals surface area contributed by atoms with Crippen LogP contribution in [0, 0.1) is 6.92 Å². The lowest BCUT2D eigenvalue weighted by Crippen LogP contribution is -2.37. The molecule has 32 heavy (non-hydrogen) atoms. The van der Waals surface area contributed by atoms with Crippen LogP contribution in [0.1, 0.15) is 43.2 Å². The lowest BCUT2D eigenvalue weighted by molar-refractivity contribution is -0.147. The number of rotatable bonds is 5. The van der Waals surface area contributed by atoms with Crippen molar-refractivity contribution < 1.29 is 17.9 Å². The van der Waals surface area contributed by atoms with E-state index in [1.165, 1.54) is 0 Å². The molecule has 0 amide bonds. The van der Waals surface area contributed by atoms with Gasteiger partial charge in [0.25, 0.3) is 10.0 Å². The number of carbonyl (C=O) groups excluding carboxylic acids is 1. The predicted molar refractivity (Wildman–Crippen MR) is 127 cm³/mol. The summed E-state index contributed by atoms with van der Waals surface area (Å²) in [5.41, 5.74) is 10.0. The Bertz CT molecular complexity index is 1240. The first kappa shape index (κ1) is 22.4. The zero-order valence-corrected chi connectivity index (χ0v) is 19.4. The predicted octanol–water partition coefficient (Wildman–Crippen LogP) is 5.13. The normalized spacial score (nSPS) is 18.0. The van der Waals surface area contributed by atoms with Crippen LogP contribution in [-0.2, 0) is 19.6 Å². The fraction of sp³-hybridized carbons (Fsp3) is 0.292. The van der Waals surface area contributed by atoms with E-state index in [0.29, 0.717) is 33.1 Å². The van der Waals surface area contributed by atoms with E-state index < -0.39 is 21.6 Å². The van der Waals surface area contributed by atoms with E-state index in [4.69, 9.17) is 22.1 Å². The summed E-state index contributed by atoms with van der Waals surface area (Å²) in [6.07, 6.45) is 4.56. The number of sulfonamides is 1. The maximum Gasteiger partial charge on any atom is 0.341 e. The Kier molecular flexibility index (Phi) is 5.81. The summed E-state index contributed by atoms with van der Waals surface area (Å²) in [7, 11) is -3.62. The second kappa shape index (κ2) is 8.30. The Labute approximate surface area is 193 Å². The molecule has 0 aromatic heterocycles. The molecule has 4 rings (SSSR count). The Morgan fingerprint density at radius 3 is 2.56 bits per heavy atom. The van der Waals surface area contributed by atoms with Crippen LogP contribution in [0.15, 0.2) is 54.1 Å². The molecule has 3 N–H and O–H groups in total. The van der Waals surface area contributed by atoms with Gasteiger partial charge >= 0.3 is 5.97 Å². The average molecular weight is 473 g/mol. The fourth-order valence-corrected chi connectivity index (χ4v) is 5.31. The molecule has 0 bridgehead atoms. The average Bonchev–Trinajstić information content (AvgIpc) is 2.99. The highest BCUT2D eigenvalue weighted by atomic mass is 35.5. The summed E-state index contributed by atoms with van der Waals surface area (Å²) in [6.45, 7) is 5.19. The van der Waals surface area contributed by atoms with Gasteiger partial charge in [-0.05, 0) is 73.6 Å². The Morgan fingerprint density at radius 1 is 1.16 bits per heavy atom. The van der Waals surface area contributed by atoms with Crippen molar-refractivity contribution in [1.29, 1.82) is 0 Å². The zero-order valence-electron chi connectivity index (χ0n) is 17.8. The monoisotopic (exact) mass is 472 g/mol. The van der Waals surface area contributed by atoms with E-state index in [1.807, 2.05) is 19.1 Å². The van der Waals surface area contributed by atoms with Gasteiger partial charge in [0.2, 0.25) is 0 Å². The highest BCUT2D eigenvalue weighted by Crippen LogP contribution is 2.45. The van der Waals surface area contributed by atoms with Gasteiger partial charge in [-0.15, -0.1) is 0 Å². The van der Waals surface area contributed by atoms with E-state index in [-0.39, 0.29) is 0 Å². The van der Waals surface area contributed by atoms with Crippen LogP contribution in [-0.4, -0.2) is 20.0 Å². The SMILES string of the molecule is C=CS(=O)(=O)Nc1cccc(-c2cc(C)c(C3=C(N)C4(CCCCC4)OC3=O)cc2Cl)c1. The van der Waals surface area contributed by atoms with Gasteiger partial charge < -0.3 is 10.5 Å². The summed E-state index contributed by atoms with van der Waals surface area (Å²) in [4.78, 5) is 12.8. The number of nitrogens with one attached hydrogen (secondary N) is 1. The van der Waals surface area contributed by atoms with Crippen molar-refractivity contribution in [3.8, 4) is 11.1 Å². The summed E-state index contributed by atoms with van der Waals surface area (Å²) >= 11 is 6.63. The van der Waals surface area contributed by atoms with Crippen LogP contribution in [0.25, 0.3) is 16.7 Å². The van der Waals surface area contributed by atoms with Gasteiger partial charge in [0.1, 0.15) is 0 Å². The first-order valence-electron chi connectivity index (χ1n) is 10.5. The number of aryl methyl sites for hydroxylation is 1. The van der Waals surface area contributed by atoms with E-state index in [1.54, 1.807) is 24.3 Å². The molecule has 1 fully saturated rings. The van der Waals surface area contributed by atoms with Crippen molar-refractivity contribution in [3.63, 3.8) is 0 Å². The van der Waals surface area contributed by atoms with Crippen molar-refractivity contribution in [3.05, 3.63) is 70.2 Å². The summed E-state index contributed by atoms with van der Waals surface area (Å²) in [6, 6.07) is 10.5. The second-order valence-corrected chi connectivity index (χ2v) is 10.3. The van der Waals surface area contributed by atoms with Crippen LogP contribution in [0.4, 0.5) is 5.69 Å². The molecular formula is C24H25ClN2O4S. The van der Waals surface area contributed by atoms with Crippen molar-refractivity contribution in [1.82, 2.24) is 0 Å². The smallest absolute Gasteiger partial charge is 0.341 e. The molecule has 1 aliphatic heterocycles. The Balaban J connectivity index is 1.74. The van der Waals surface area contributed by atoms with Crippen molar-refractivity contribution in [2.75, 3.05) is 4.72 Å². The van der Waals surface area contributed by atoms with E-state index in [9.17, 15) is 13.2 Å². The number of nitrogens with two attached hydrogens (primary N) is 1. The minimum absolute atomic E-state index is 0.394. The summed E-state index contributed by atoms with van der Waals surface area (Å²) in [5, 5.41) is 1.27. The van der Waals surface area contributed by atoms with E-state index >= 15 is 0 Å². The number of anilines is 1. The number of carbonyl (C=O) groups is 1. The highest BCUT2D eigenvalue weighted by Gasteiger charge is 2.47. The minimum Gasteiger partial charge on any atom is -0.449 e. The zero-order chi connectivity index (χ0) is 23.1. The molecule has 1 spiro atoms. The van der Waals surface area contributed by atoms with Crippen molar-refractivity contribution >= 4 is 38.9 Å². The molecule has 1 saturated carbocycles. The number of hydrogen-bond acceptors (Lipinski definition) is 5. The molecule has 2 aromatic rings. The van der Waals surface area contributed by atoms with Crippen molar-refractivity contribution in [2.45, 2.75) is 44.6 Å². The molecule has 8 heteroatoms. The highest BCUT2D eigenvalue weighted by molar-refractivity contribution is 7.95. The van der Waals surface area contributed by atoms with Crippen molar-refractivity contribution in [2.24, 2.45) is 5.73 Å². The Morgan fingerprint density at radius 2 is 1.88 bits per heavy atom. The maximum absolute atomic E-state index is 12.8.